The van der Waals surface area contributed by atoms with Crippen molar-refractivity contribution in [2.75, 3.05) is 6.61 Å². The van der Waals surface area contributed by atoms with E-state index < -0.39 is 5.60 Å². The first-order valence-electron chi connectivity index (χ1n) is 5.85. The zero-order chi connectivity index (χ0) is 10.9. The number of hydrogen-bond donors (Lipinski definition) is 1. The molecule has 2 heteroatoms. The summed E-state index contributed by atoms with van der Waals surface area (Å²) in [4.78, 5) is 0. The molecule has 0 spiro atoms. The Hall–Kier alpha value is -0.760. The van der Waals surface area contributed by atoms with Crippen LogP contribution in [0.15, 0.2) is 24.0 Å². The van der Waals surface area contributed by atoms with E-state index in [1.54, 1.807) is 6.26 Å². The van der Waals surface area contributed by atoms with Crippen molar-refractivity contribution < 1.29 is 9.84 Å². The Labute approximate surface area is 91.6 Å². The van der Waals surface area contributed by atoms with Gasteiger partial charge in [-0.1, -0.05) is 26.0 Å². The summed E-state index contributed by atoms with van der Waals surface area (Å²) in [7, 11) is 0. The molecule has 1 N–H and O–H groups in total. The van der Waals surface area contributed by atoms with Crippen LogP contribution < -0.4 is 0 Å². The van der Waals surface area contributed by atoms with Gasteiger partial charge in [-0.05, 0) is 24.7 Å². The highest BCUT2D eigenvalue weighted by atomic mass is 16.5. The highest BCUT2D eigenvalue weighted by Gasteiger charge is 2.34. The molecule has 1 aliphatic carbocycles. The first kappa shape index (κ1) is 10.7. The van der Waals surface area contributed by atoms with Crippen molar-refractivity contribution in [1.29, 1.82) is 0 Å². The van der Waals surface area contributed by atoms with Gasteiger partial charge >= 0.3 is 0 Å². The lowest BCUT2D eigenvalue weighted by Crippen LogP contribution is -2.32. The molecule has 1 aliphatic heterocycles. The molecule has 2 rings (SSSR count). The molecular formula is C13H20O2. The van der Waals surface area contributed by atoms with E-state index in [0.717, 1.165) is 31.4 Å². The van der Waals surface area contributed by atoms with E-state index in [1.165, 1.54) is 0 Å². The van der Waals surface area contributed by atoms with Gasteiger partial charge in [0.25, 0.3) is 0 Å². The molecule has 0 aromatic heterocycles. The van der Waals surface area contributed by atoms with Gasteiger partial charge in [0.2, 0.25) is 0 Å². The summed E-state index contributed by atoms with van der Waals surface area (Å²) in [5, 5.41) is 10.4. The van der Waals surface area contributed by atoms with Crippen molar-refractivity contribution in [3.8, 4) is 0 Å². The number of allylic oxidation sites excluding steroid dienone is 1. The molecule has 2 atom stereocenters. The maximum atomic E-state index is 10.4. The van der Waals surface area contributed by atoms with E-state index in [2.05, 4.69) is 19.9 Å². The van der Waals surface area contributed by atoms with Gasteiger partial charge < -0.3 is 9.84 Å². The smallest absolute Gasteiger partial charge is 0.107 e. The second-order valence-electron chi connectivity index (χ2n) is 4.99. The molecule has 1 heterocycles. The van der Waals surface area contributed by atoms with E-state index in [0.29, 0.717) is 11.8 Å². The maximum absolute atomic E-state index is 10.4. The van der Waals surface area contributed by atoms with Gasteiger partial charge in [0.15, 0.2) is 0 Å². The summed E-state index contributed by atoms with van der Waals surface area (Å²) in [5.74, 6) is 1.29. The second kappa shape index (κ2) is 4.01. The molecule has 0 saturated heterocycles. The van der Waals surface area contributed by atoms with Gasteiger partial charge in [-0.15, -0.1) is 0 Å². The van der Waals surface area contributed by atoms with Crippen molar-refractivity contribution in [2.45, 2.75) is 38.7 Å². The zero-order valence-corrected chi connectivity index (χ0v) is 9.57. The molecule has 0 amide bonds. The quantitative estimate of drug-likeness (QED) is 0.707. The fourth-order valence-electron chi connectivity index (χ4n) is 2.38. The lowest BCUT2D eigenvalue weighted by molar-refractivity contribution is 0.0991. The van der Waals surface area contributed by atoms with E-state index in [1.807, 2.05) is 6.08 Å². The minimum atomic E-state index is -0.720. The topological polar surface area (TPSA) is 29.5 Å². The molecule has 2 nitrogen and oxygen atoms in total. The maximum Gasteiger partial charge on any atom is 0.107 e. The van der Waals surface area contributed by atoms with Gasteiger partial charge in [-0.3, -0.25) is 0 Å². The zero-order valence-electron chi connectivity index (χ0n) is 9.57. The average molecular weight is 208 g/mol. The molecule has 84 valence electrons. The van der Waals surface area contributed by atoms with Crippen molar-refractivity contribution in [2.24, 2.45) is 11.8 Å². The van der Waals surface area contributed by atoms with Crippen LogP contribution in [0.2, 0.25) is 0 Å². The van der Waals surface area contributed by atoms with E-state index >= 15 is 0 Å². The van der Waals surface area contributed by atoms with Crippen LogP contribution in [0.3, 0.4) is 0 Å². The normalized spacial score (nSPS) is 35.5. The van der Waals surface area contributed by atoms with Crippen molar-refractivity contribution >= 4 is 0 Å². The highest BCUT2D eigenvalue weighted by molar-refractivity contribution is 5.27. The van der Waals surface area contributed by atoms with Crippen LogP contribution in [0, 0.1) is 11.8 Å². The molecule has 0 saturated carbocycles. The fraction of sp³-hybridized carbons (Fsp3) is 0.692. The number of ether oxygens (including phenoxy) is 1. The van der Waals surface area contributed by atoms with E-state index in [4.69, 9.17) is 4.74 Å². The third-order valence-corrected chi connectivity index (χ3v) is 3.61. The lowest BCUT2D eigenvalue weighted by atomic mass is 9.77. The summed E-state index contributed by atoms with van der Waals surface area (Å²) < 4.78 is 5.19. The largest absolute Gasteiger partial charge is 0.501 e. The van der Waals surface area contributed by atoms with Gasteiger partial charge in [0.1, 0.15) is 5.60 Å². The summed E-state index contributed by atoms with van der Waals surface area (Å²) in [5.41, 5.74) is 0.322. The van der Waals surface area contributed by atoms with Gasteiger partial charge in [0.05, 0.1) is 12.9 Å². The molecule has 0 fully saturated rings. The third kappa shape index (κ3) is 2.10. The molecule has 0 aromatic carbocycles. The van der Waals surface area contributed by atoms with Crippen molar-refractivity contribution in [3.63, 3.8) is 0 Å². The molecule has 0 radical (unpaired) electrons. The van der Waals surface area contributed by atoms with Crippen LogP contribution in [0.1, 0.15) is 33.1 Å². The first-order chi connectivity index (χ1) is 7.12. The summed E-state index contributed by atoms with van der Waals surface area (Å²) >= 11 is 0. The Bertz CT molecular complexity index is 291. The molecule has 0 aromatic rings. The number of aliphatic hydroxyl groups is 1. The summed E-state index contributed by atoms with van der Waals surface area (Å²) in [6.07, 6.45) is 8.66. The predicted molar refractivity (Wildman–Crippen MR) is 60.3 cm³/mol. The summed E-state index contributed by atoms with van der Waals surface area (Å²) in [6, 6.07) is 0. The molecule has 15 heavy (non-hydrogen) atoms. The first-order valence-corrected chi connectivity index (χ1v) is 5.85. The van der Waals surface area contributed by atoms with Gasteiger partial charge in [0, 0.05) is 12.0 Å². The predicted octanol–water partition coefficient (Wildman–Crippen LogP) is 2.64. The highest BCUT2D eigenvalue weighted by Crippen LogP contribution is 2.37. The Morgan fingerprint density at radius 1 is 1.53 bits per heavy atom. The van der Waals surface area contributed by atoms with Crippen LogP contribution >= 0.6 is 0 Å². The third-order valence-electron chi connectivity index (χ3n) is 3.61. The summed E-state index contributed by atoms with van der Waals surface area (Å²) in [6.45, 7) is 5.19. The van der Waals surface area contributed by atoms with Crippen LogP contribution in [-0.2, 0) is 4.74 Å². The average Bonchev–Trinajstić information content (AvgIpc) is 2.71. The Kier molecular flexibility index (Phi) is 2.87. The Morgan fingerprint density at radius 2 is 2.33 bits per heavy atom. The SMILES string of the molecule is CC(C)C1C=CC(O)(C2=COCC2)CC1. The van der Waals surface area contributed by atoms with Crippen molar-refractivity contribution in [3.05, 3.63) is 24.0 Å². The van der Waals surface area contributed by atoms with E-state index in [9.17, 15) is 5.11 Å². The van der Waals surface area contributed by atoms with Crippen LogP contribution in [0.25, 0.3) is 0 Å². The van der Waals surface area contributed by atoms with Crippen LogP contribution in [0.5, 0.6) is 0 Å². The lowest BCUT2D eigenvalue weighted by Gasteiger charge is -2.32. The van der Waals surface area contributed by atoms with Crippen molar-refractivity contribution in [1.82, 2.24) is 0 Å². The number of rotatable bonds is 2. The minimum absolute atomic E-state index is 0.619. The van der Waals surface area contributed by atoms with Crippen LogP contribution in [0.4, 0.5) is 0 Å². The van der Waals surface area contributed by atoms with Gasteiger partial charge in [-0.25, -0.2) is 0 Å². The Morgan fingerprint density at radius 3 is 2.80 bits per heavy atom. The molecule has 0 bridgehead atoms. The monoisotopic (exact) mass is 208 g/mol. The van der Waals surface area contributed by atoms with Gasteiger partial charge in [-0.2, -0.15) is 0 Å². The van der Waals surface area contributed by atoms with E-state index in [-0.39, 0.29) is 0 Å². The standard InChI is InChI=1S/C13H20O2/c1-10(2)11-3-6-13(14,7-4-11)12-5-8-15-9-12/h3,6,9-11,14H,4-5,7-8H2,1-2H3. The molecule has 2 aliphatic rings. The number of hydrogen-bond acceptors (Lipinski definition) is 2. The Balaban J connectivity index is 2.09. The molecular weight excluding hydrogens is 188 g/mol. The fourth-order valence-corrected chi connectivity index (χ4v) is 2.38. The van der Waals surface area contributed by atoms with Crippen LogP contribution in [-0.4, -0.2) is 17.3 Å². The second-order valence-corrected chi connectivity index (χ2v) is 4.99. The minimum Gasteiger partial charge on any atom is -0.501 e. The molecule has 2 unspecified atom stereocenters.